The van der Waals surface area contributed by atoms with Crippen LogP contribution in [-0.2, 0) is 10.0 Å². The van der Waals surface area contributed by atoms with Gasteiger partial charge in [0, 0.05) is 25.2 Å². The SMILES string of the molecule is Cc1ccc(S(=O)(=O)N(C)C2CC3CCC(C2)N3)cc1C.Cl. The molecule has 2 aliphatic rings. The molecule has 2 bridgehead atoms. The first-order chi connectivity index (χ1) is 9.88. The lowest BCUT2D eigenvalue weighted by Crippen LogP contribution is -2.48. The highest BCUT2D eigenvalue weighted by Gasteiger charge is 2.38. The molecule has 6 heteroatoms. The van der Waals surface area contributed by atoms with Gasteiger partial charge in [-0.15, -0.1) is 12.4 Å². The summed E-state index contributed by atoms with van der Waals surface area (Å²) in [5, 5.41) is 3.56. The van der Waals surface area contributed by atoms with Gasteiger partial charge in [-0.3, -0.25) is 0 Å². The average molecular weight is 345 g/mol. The van der Waals surface area contributed by atoms with Gasteiger partial charge in [0.15, 0.2) is 0 Å². The molecule has 2 atom stereocenters. The molecule has 0 saturated carbocycles. The van der Waals surface area contributed by atoms with Gasteiger partial charge in [-0.2, -0.15) is 4.31 Å². The maximum Gasteiger partial charge on any atom is 0.243 e. The molecule has 2 unspecified atom stereocenters. The van der Waals surface area contributed by atoms with Crippen LogP contribution >= 0.6 is 12.4 Å². The molecule has 4 nitrogen and oxygen atoms in total. The Morgan fingerprint density at radius 1 is 1.09 bits per heavy atom. The van der Waals surface area contributed by atoms with Crippen LogP contribution in [0, 0.1) is 13.8 Å². The number of nitrogens with one attached hydrogen (secondary N) is 1. The second-order valence-electron chi connectivity index (χ2n) is 6.53. The number of halogens is 1. The summed E-state index contributed by atoms with van der Waals surface area (Å²) >= 11 is 0. The Labute approximate surface area is 139 Å². The van der Waals surface area contributed by atoms with Crippen molar-refractivity contribution in [2.24, 2.45) is 0 Å². The molecule has 2 fully saturated rings. The Morgan fingerprint density at radius 2 is 1.68 bits per heavy atom. The smallest absolute Gasteiger partial charge is 0.243 e. The van der Waals surface area contributed by atoms with Crippen LogP contribution in [0.2, 0.25) is 0 Å². The summed E-state index contributed by atoms with van der Waals surface area (Å²) in [6, 6.07) is 6.51. The average Bonchev–Trinajstić information content (AvgIpc) is 2.79. The molecular formula is C16H25ClN2O2S. The highest BCUT2D eigenvalue weighted by atomic mass is 35.5. The van der Waals surface area contributed by atoms with Crippen molar-refractivity contribution in [2.75, 3.05) is 7.05 Å². The topological polar surface area (TPSA) is 49.4 Å². The lowest BCUT2D eigenvalue weighted by atomic mass is 10.0. The predicted octanol–water partition coefficient (Wildman–Crippen LogP) is 2.63. The van der Waals surface area contributed by atoms with Crippen LogP contribution in [0.15, 0.2) is 23.1 Å². The Hall–Kier alpha value is -0.620. The highest BCUT2D eigenvalue weighted by Crippen LogP contribution is 2.31. The van der Waals surface area contributed by atoms with Gasteiger partial charge in [-0.25, -0.2) is 8.42 Å². The molecule has 22 heavy (non-hydrogen) atoms. The maximum atomic E-state index is 12.8. The number of rotatable bonds is 3. The van der Waals surface area contributed by atoms with E-state index in [0.717, 1.165) is 24.0 Å². The van der Waals surface area contributed by atoms with Crippen LogP contribution in [0.5, 0.6) is 0 Å². The van der Waals surface area contributed by atoms with Crippen molar-refractivity contribution < 1.29 is 8.42 Å². The molecule has 0 spiro atoms. The lowest BCUT2D eigenvalue weighted by Gasteiger charge is -2.34. The van der Waals surface area contributed by atoms with Crippen molar-refractivity contribution in [1.29, 1.82) is 0 Å². The number of hydrogen-bond donors (Lipinski definition) is 1. The minimum Gasteiger partial charge on any atom is -0.311 e. The molecule has 2 saturated heterocycles. The summed E-state index contributed by atoms with van der Waals surface area (Å²) in [7, 11) is -1.66. The van der Waals surface area contributed by atoms with Gasteiger partial charge in [-0.1, -0.05) is 6.07 Å². The molecule has 0 aromatic heterocycles. The van der Waals surface area contributed by atoms with Crippen molar-refractivity contribution in [1.82, 2.24) is 9.62 Å². The number of hydrogen-bond acceptors (Lipinski definition) is 3. The van der Waals surface area contributed by atoms with Crippen LogP contribution in [0.25, 0.3) is 0 Å². The van der Waals surface area contributed by atoms with Gasteiger partial charge in [-0.05, 0) is 62.8 Å². The van der Waals surface area contributed by atoms with Crippen LogP contribution in [0.1, 0.15) is 36.8 Å². The molecule has 1 aromatic rings. The van der Waals surface area contributed by atoms with E-state index < -0.39 is 10.0 Å². The fourth-order valence-corrected chi connectivity index (χ4v) is 5.02. The van der Waals surface area contributed by atoms with E-state index in [1.54, 1.807) is 23.5 Å². The van der Waals surface area contributed by atoms with Gasteiger partial charge in [0.25, 0.3) is 0 Å². The van der Waals surface area contributed by atoms with Crippen LogP contribution in [0.4, 0.5) is 0 Å². The number of sulfonamides is 1. The van der Waals surface area contributed by atoms with E-state index in [9.17, 15) is 8.42 Å². The molecule has 0 amide bonds. The maximum absolute atomic E-state index is 12.8. The molecule has 2 aliphatic heterocycles. The summed E-state index contributed by atoms with van der Waals surface area (Å²) in [5.74, 6) is 0. The first kappa shape index (κ1) is 17.7. The third kappa shape index (κ3) is 3.18. The summed E-state index contributed by atoms with van der Waals surface area (Å²) < 4.78 is 27.3. The van der Waals surface area contributed by atoms with Crippen molar-refractivity contribution >= 4 is 22.4 Å². The van der Waals surface area contributed by atoms with E-state index in [1.165, 1.54) is 12.8 Å². The van der Waals surface area contributed by atoms with Crippen LogP contribution in [0.3, 0.4) is 0 Å². The van der Waals surface area contributed by atoms with Gasteiger partial charge in [0.1, 0.15) is 0 Å². The number of nitrogens with zero attached hydrogens (tertiary/aromatic N) is 1. The van der Waals surface area contributed by atoms with Crippen molar-refractivity contribution in [3.8, 4) is 0 Å². The molecule has 0 radical (unpaired) electrons. The number of piperidine rings is 1. The summed E-state index contributed by atoms with van der Waals surface area (Å²) in [5.41, 5.74) is 2.14. The Morgan fingerprint density at radius 3 is 2.23 bits per heavy atom. The lowest BCUT2D eigenvalue weighted by molar-refractivity contribution is 0.251. The monoisotopic (exact) mass is 344 g/mol. The summed E-state index contributed by atoms with van der Waals surface area (Å²) in [6.45, 7) is 3.96. The second-order valence-corrected chi connectivity index (χ2v) is 8.53. The summed E-state index contributed by atoms with van der Waals surface area (Å²) in [6.07, 6.45) is 4.21. The van der Waals surface area contributed by atoms with E-state index in [1.807, 2.05) is 19.9 Å². The van der Waals surface area contributed by atoms with Crippen molar-refractivity contribution in [2.45, 2.75) is 62.6 Å². The second kappa shape index (κ2) is 6.48. The molecule has 1 aromatic carbocycles. The summed E-state index contributed by atoms with van der Waals surface area (Å²) in [4.78, 5) is 0.416. The fraction of sp³-hybridized carbons (Fsp3) is 0.625. The van der Waals surface area contributed by atoms with Gasteiger partial charge < -0.3 is 5.32 Å². The molecule has 0 aliphatic carbocycles. The Balaban J connectivity index is 0.00000176. The quantitative estimate of drug-likeness (QED) is 0.917. The normalized spacial score (nSPS) is 27.7. The fourth-order valence-electron chi connectivity index (χ4n) is 3.56. The van der Waals surface area contributed by atoms with Crippen LogP contribution in [-0.4, -0.2) is 37.9 Å². The number of aryl methyl sites for hydroxylation is 2. The Bertz CT molecular complexity index is 636. The standard InChI is InChI=1S/C16H24N2O2S.ClH/c1-11-4-7-16(8-12(11)2)21(19,20)18(3)15-9-13-5-6-14(10-15)17-13;/h4,7-8,13-15,17H,5-6,9-10H2,1-3H3;1H. The first-order valence-corrected chi connectivity index (χ1v) is 9.13. The zero-order valence-corrected chi connectivity index (χ0v) is 15.0. The van der Waals surface area contributed by atoms with Gasteiger partial charge >= 0.3 is 0 Å². The highest BCUT2D eigenvalue weighted by molar-refractivity contribution is 7.89. The molecule has 124 valence electrons. The molecule has 1 N–H and O–H groups in total. The number of fused-ring (bicyclic) bond motifs is 2. The van der Waals surface area contributed by atoms with E-state index in [0.29, 0.717) is 17.0 Å². The third-order valence-electron chi connectivity index (χ3n) is 5.12. The predicted molar refractivity (Wildman–Crippen MR) is 91.1 cm³/mol. The molecule has 2 heterocycles. The van der Waals surface area contributed by atoms with Crippen molar-refractivity contribution in [3.63, 3.8) is 0 Å². The zero-order chi connectivity index (χ0) is 15.2. The first-order valence-electron chi connectivity index (χ1n) is 7.69. The molecular weight excluding hydrogens is 320 g/mol. The molecule has 3 rings (SSSR count). The Kier molecular flexibility index (Phi) is 5.22. The van der Waals surface area contributed by atoms with Gasteiger partial charge in [0.05, 0.1) is 4.90 Å². The van der Waals surface area contributed by atoms with E-state index >= 15 is 0 Å². The third-order valence-corrected chi connectivity index (χ3v) is 7.02. The van der Waals surface area contributed by atoms with E-state index in [-0.39, 0.29) is 18.4 Å². The number of benzene rings is 1. The van der Waals surface area contributed by atoms with E-state index in [4.69, 9.17) is 0 Å². The van der Waals surface area contributed by atoms with E-state index in [2.05, 4.69) is 5.32 Å². The minimum absolute atomic E-state index is 0. The van der Waals surface area contributed by atoms with Gasteiger partial charge in [0.2, 0.25) is 10.0 Å². The largest absolute Gasteiger partial charge is 0.311 e. The van der Waals surface area contributed by atoms with Crippen molar-refractivity contribution in [3.05, 3.63) is 29.3 Å². The van der Waals surface area contributed by atoms with Crippen LogP contribution < -0.4 is 5.32 Å². The zero-order valence-electron chi connectivity index (χ0n) is 13.4. The minimum atomic E-state index is -3.39.